The van der Waals surface area contributed by atoms with E-state index in [9.17, 15) is 4.79 Å². The molecule has 1 aromatic rings. The Kier molecular flexibility index (Phi) is 3.77. The highest BCUT2D eigenvalue weighted by Crippen LogP contribution is 2.28. The Labute approximate surface area is 100 Å². The van der Waals surface area contributed by atoms with Crippen molar-refractivity contribution in [2.45, 2.75) is 18.9 Å². The molecule has 2 nitrogen and oxygen atoms in total. The fraction of sp³-hybridized carbons (Fsp3) is 0.364. The van der Waals surface area contributed by atoms with Gasteiger partial charge in [-0.1, -0.05) is 23.7 Å². The smallest absolute Gasteiger partial charge is 0.158 e. The number of benzene rings is 1. The Morgan fingerprint density at radius 1 is 1.47 bits per heavy atom. The van der Waals surface area contributed by atoms with E-state index in [1.54, 1.807) is 0 Å². The maximum absolute atomic E-state index is 11.7. The highest BCUT2D eigenvalue weighted by molar-refractivity contribution is 6.30. The first-order valence-electron chi connectivity index (χ1n) is 4.67. The lowest BCUT2D eigenvalue weighted by Gasteiger charge is -2.23. The molecule has 0 radical (unpaired) electrons. The molecule has 1 N–H and O–H groups in total. The lowest BCUT2D eigenvalue weighted by molar-refractivity contribution is -0.122. The van der Waals surface area contributed by atoms with E-state index < -0.39 is 5.54 Å². The maximum atomic E-state index is 11.7. The van der Waals surface area contributed by atoms with Crippen LogP contribution in [0.15, 0.2) is 24.3 Å². The molecule has 1 aromatic carbocycles. The van der Waals surface area contributed by atoms with Crippen molar-refractivity contribution in [3.8, 4) is 0 Å². The number of carbonyl (C=O) groups excluding carboxylic acids is 1. The summed E-state index contributed by atoms with van der Waals surface area (Å²) in [7, 11) is 0. The molecule has 1 atom stereocenters. The van der Waals surface area contributed by atoms with Crippen LogP contribution in [0.25, 0.3) is 0 Å². The highest BCUT2D eigenvalue weighted by atomic mass is 35.5. The Morgan fingerprint density at radius 2 is 2.20 bits per heavy atom. The Morgan fingerprint density at radius 3 is 2.73 bits per heavy atom. The van der Waals surface area contributed by atoms with Gasteiger partial charge in [0.2, 0.25) is 0 Å². The molecule has 4 heteroatoms. The van der Waals surface area contributed by atoms with E-state index in [-0.39, 0.29) is 18.2 Å². The summed E-state index contributed by atoms with van der Waals surface area (Å²) in [5, 5.41) is 3.89. The van der Waals surface area contributed by atoms with Crippen molar-refractivity contribution in [3.05, 3.63) is 34.9 Å². The summed E-state index contributed by atoms with van der Waals surface area (Å²) in [4.78, 5) is 11.7. The number of hydrogen-bond donors (Lipinski definition) is 1. The molecule has 2 rings (SSSR count). The average molecular weight is 246 g/mol. The molecular formula is C11H13Cl2NO. The minimum atomic E-state index is -0.537. The first kappa shape index (κ1) is 12.5. The van der Waals surface area contributed by atoms with Gasteiger partial charge in [-0.2, -0.15) is 0 Å². The average Bonchev–Trinajstić information content (AvgIpc) is 2.49. The molecule has 0 bridgehead atoms. The van der Waals surface area contributed by atoms with Crippen molar-refractivity contribution >= 4 is 29.8 Å². The van der Waals surface area contributed by atoms with Gasteiger partial charge in [-0.25, -0.2) is 0 Å². The zero-order valence-corrected chi connectivity index (χ0v) is 9.99. The minimum Gasteiger partial charge on any atom is -0.301 e. The topological polar surface area (TPSA) is 29.1 Å². The predicted molar refractivity (Wildman–Crippen MR) is 63.7 cm³/mol. The van der Waals surface area contributed by atoms with E-state index in [1.165, 1.54) is 0 Å². The quantitative estimate of drug-likeness (QED) is 0.825. The van der Waals surface area contributed by atoms with Crippen LogP contribution >= 0.6 is 24.0 Å². The molecule has 1 unspecified atom stereocenters. The lowest BCUT2D eigenvalue weighted by atomic mass is 9.89. The second-order valence-corrected chi connectivity index (χ2v) is 4.17. The van der Waals surface area contributed by atoms with Crippen LogP contribution in [0.4, 0.5) is 0 Å². The van der Waals surface area contributed by atoms with E-state index in [4.69, 9.17) is 11.6 Å². The summed E-state index contributed by atoms with van der Waals surface area (Å²) in [6, 6.07) is 7.46. The molecular weight excluding hydrogens is 233 g/mol. The summed E-state index contributed by atoms with van der Waals surface area (Å²) < 4.78 is 0. The molecule has 0 saturated carbocycles. The summed E-state index contributed by atoms with van der Waals surface area (Å²) >= 11 is 5.89. The zero-order chi connectivity index (χ0) is 10.2. The molecule has 1 aliphatic heterocycles. The first-order chi connectivity index (χ1) is 6.63. The van der Waals surface area contributed by atoms with E-state index >= 15 is 0 Å². The maximum Gasteiger partial charge on any atom is 0.158 e. The van der Waals surface area contributed by atoms with Crippen molar-refractivity contribution in [1.29, 1.82) is 0 Å². The molecule has 1 saturated heterocycles. The van der Waals surface area contributed by atoms with Crippen LogP contribution in [-0.2, 0) is 10.3 Å². The predicted octanol–water partition coefficient (Wildman–Crippen LogP) is 2.54. The van der Waals surface area contributed by atoms with E-state index in [1.807, 2.05) is 31.2 Å². The third kappa shape index (κ3) is 2.17. The summed E-state index contributed by atoms with van der Waals surface area (Å²) in [6.07, 6.45) is 0.600. The van der Waals surface area contributed by atoms with Gasteiger partial charge in [0.15, 0.2) is 5.78 Å². The van der Waals surface area contributed by atoms with Crippen LogP contribution in [0.3, 0.4) is 0 Å². The van der Waals surface area contributed by atoms with Crippen LogP contribution in [0.5, 0.6) is 0 Å². The van der Waals surface area contributed by atoms with Crippen molar-refractivity contribution in [3.63, 3.8) is 0 Å². The fourth-order valence-corrected chi connectivity index (χ4v) is 2.03. The number of Topliss-reactive ketones (excluding diaryl/α,β-unsaturated/α-hetero) is 1. The second kappa shape index (κ2) is 4.52. The third-order valence-electron chi connectivity index (χ3n) is 2.79. The molecule has 15 heavy (non-hydrogen) atoms. The Balaban J connectivity index is 0.00000112. The summed E-state index contributed by atoms with van der Waals surface area (Å²) in [5.74, 6) is 0.236. The lowest BCUT2D eigenvalue weighted by Crippen LogP contribution is -2.38. The number of ketones is 1. The van der Waals surface area contributed by atoms with E-state index in [0.29, 0.717) is 11.4 Å². The molecule has 82 valence electrons. The molecule has 0 spiro atoms. The van der Waals surface area contributed by atoms with Gasteiger partial charge in [0, 0.05) is 18.0 Å². The number of rotatable bonds is 1. The van der Waals surface area contributed by atoms with Gasteiger partial charge < -0.3 is 5.32 Å². The summed E-state index contributed by atoms with van der Waals surface area (Å²) in [5.41, 5.74) is 0.415. The minimum absolute atomic E-state index is 0. The molecule has 0 aliphatic carbocycles. The highest BCUT2D eigenvalue weighted by Gasteiger charge is 2.38. The van der Waals surface area contributed by atoms with Crippen LogP contribution in [-0.4, -0.2) is 12.3 Å². The van der Waals surface area contributed by atoms with Gasteiger partial charge in [0.05, 0.1) is 0 Å². The van der Waals surface area contributed by atoms with Crippen molar-refractivity contribution in [2.24, 2.45) is 0 Å². The second-order valence-electron chi connectivity index (χ2n) is 3.74. The van der Waals surface area contributed by atoms with Gasteiger partial charge in [0.1, 0.15) is 5.54 Å². The normalized spacial score (nSPS) is 25.1. The monoisotopic (exact) mass is 245 g/mol. The zero-order valence-electron chi connectivity index (χ0n) is 8.42. The van der Waals surface area contributed by atoms with Crippen LogP contribution in [0, 0.1) is 0 Å². The number of nitrogens with one attached hydrogen (secondary N) is 1. The van der Waals surface area contributed by atoms with Crippen molar-refractivity contribution in [2.75, 3.05) is 6.54 Å². The van der Waals surface area contributed by atoms with Crippen LogP contribution in [0.1, 0.15) is 18.9 Å². The standard InChI is InChI=1S/C11H12ClNO.ClH/c1-11(10(14)5-6-13-11)8-3-2-4-9(12)7-8;/h2-4,7,13H,5-6H2,1H3;1H. The van der Waals surface area contributed by atoms with Gasteiger partial charge in [-0.05, 0) is 24.6 Å². The van der Waals surface area contributed by atoms with E-state index in [0.717, 1.165) is 12.1 Å². The number of hydrogen-bond acceptors (Lipinski definition) is 2. The molecule has 1 fully saturated rings. The van der Waals surface area contributed by atoms with Gasteiger partial charge in [0.25, 0.3) is 0 Å². The molecule has 1 aliphatic rings. The third-order valence-corrected chi connectivity index (χ3v) is 3.03. The number of carbonyl (C=O) groups is 1. The van der Waals surface area contributed by atoms with Crippen molar-refractivity contribution < 1.29 is 4.79 Å². The largest absolute Gasteiger partial charge is 0.301 e. The Bertz CT molecular complexity index is 381. The van der Waals surface area contributed by atoms with Gasteiger partial charge >= 0.3 is 0 Å². The van der Waals surface area contributed by atoms with Crippen LogP contribution < -0.4 is 5.32 Å². The Hall–Kier alpha value is -0.570. The fourth-order valence-electron chi connectivity index (χ4n) is 1.84. The van der Waals surface area contributed by atoms with E-state index in [2.05, 4.69) is 5.32 Å². The summed E-state index contributed by atoms with van der Waals surface area (Å²) in [6.45, 7) is 2.66. The van der Waals surface area contributed by atoms with Gasteiger partial charge in [-0.3, -0.25) is 4.79 Å². The first-order valence-corrected chi connectivity index (χ1v) is 5.05. The van der Waals surface area contributed by atoms with Crippen molar-refractivity contribution in [1.82, 2.24) is 5.32 Å². The molecule has 0 amide bonds. The number of halogens is 2. The van der Waals surface area contributed by atoms with Gasteiger partial charge in [-0.15, -0.1) is 12.4 Å². The molecule has 0 aromatic heterocycles. The molecule has 1 heterocycles. The SMILES string of the molecule is CC1(c2cccc(Cl)c2)NCCC1=O.Cl. The van der Waals surface area contributed by atoms with Crippen LogP contribution in [0.2, 0.25) is 5.02 Å².